The first-order chi connectivity index (χ1) is 9.74. The van der Waals surface area contributed by atoms with Crippen molar-refractivity contribution >= 4 is 0 Å². The first-order valence-electron chi connectivity index (χ1n) is 6.26. The van der Waals surface area contributed by atoms with E-state index in [1.54, 1.807) is 6.07 Å². The Morgan fingerprint density at radius 1 is 1.00 bits per heavy atom. The second-order valence-electron chi connectivity index (χ2n) is 4.50. The van der Waals surface area contributed by atoms with Crippen LogP contribution < -0.4 is 14.8 Å². The topological polar surface area (TPSA) is 30.5 Å². The molecule has 104 valence electrons. The molecule has 0 fully saturated rings. The minimum Gasteiger partial charge on any atom is -0.454 e. The number of hydrogen-bond acceptors (Lipinski definition) is 3. The average molecular weight is 277 g/mol. The molecule has 1 N–H and O–H groups in total. The van der Waals surface area contributed by atoms with E-state index >= 15 is 0 Å². The van der Waals surface area contributed by atoms with Gasteiger partial charge in [0.2, 0.25) is 6.79 Å². The van der Waals surface area contributed by atoms with Crippen molar-refractivity contribution in [3.05, 3.63) is 59.2 Å². The molecule has 0 unspecified atom stereocenters. The molecule has 3 nitrogen and oxygen atoms in total. The summed E-state index contributed by atoms with van der Waals surface area (Å²) in [5.41, 5.74) is 1.30. The lowest BCUT2D eigenvalue weighted by Crippen LogP contribution is -2.14. The van der Waals surface area contributed by atoms with Crippen LogP contribution in [0.4, 0.5) is 8.78 Å². The summed E-state index contributed by atoms with van der Waals surface area (Å²) in [4.78, 5) is 0. The lowest BCUT2D eigenvalue weighted by molar-refractivity contribution is 0.174. The molecule has 5 heteroatoms. The third-order valence-electron chi connectivity index (χ3n) is 3.11. The lowest BCUT2D eigenvalue weighted by atomic mass is 10.1. The zero-order valence-corrected chi connectivity index (χ0v) is 10.7. The van der Waals surface area contributed by atoms with Gasteiger partial charge in [0.1, 0.15) is 0 Å². The van der Waals surface area contributed by atoms with Crippen LogP contribution in [-0.2, 0) is 13.1 Å². The molecule has 20 heavy (non-hydrogen) atoms. The van der Waals surface area contributed by atoms with Gasteiger partial charge in [0.05, 0.1) is 0 Å². The fourth-order valence-electron chi connectivity index (χ4n) is 2.08. The summed E-state index contributed by atoms with van der Waals surface area (Å²) >= 11 is 0. The van der Waals surface area contributed by atoms with Gasteiger partial charge in [-0.3, -0.25) is 0 Å². The van der Waals surface area contributed by atoms with Crippen molar-refractivity contribution in [3.8, 4) is 11.5 Å². The number of rotatable bonds is 4. The summed E-state index contributed by atoms with van der Waals surface area (Å²) < 4.78 is 37.0. The fourth-order valence-corrected chi connectivity index (χ4v) is 2.08. The van der Waals surface area contributed by atoms with Crippen molar-refractivity contribution in [1.82, 2.24) is 5.32 Å². The van der Waals surface area contributed by atoms with Crippen molar-refractivity contribution in [1.29, 1.82) is 0 Å². The van der Waals surface area contributed by atoms with E-state index in [2.05, 4.69) is 5.32 Å². The molecule has 2 aromatic rings. The highest BCUT2D eigenvalue weighted by Gasteiger charge is 2.13. The maximum absolute atomic E-state index is 13.5. The van der Waals surface area contributed by atoms with Crippen molar-refractivity contribution in [3.63, 3.8) is 0 Å². The number of halogens is 2. The molecule has 0 amide bonds. The zero-order valence-electron chi connectivity index (χ0n) is 10.7. The summed E-state index contributed by atoms with van der Waals surface area (Å²) in [7, 11) is 0. The van der Waals surface area contributed by atoms with Crippen LogP contribution in [0.25, 0.3) is 0 Å². The predicted molar refractivity (Wildman–Crippen MR) is 69.5 cm³/mol. The molecule has 1 heterocycles. The minimum atomic E-state index is -0.827. The highest BCUT2D eigenvalue weighted by Crippen LogP contribution is 2.32. The third-order valence-corrected chi connectivity index (χ3v) is 3.11. The Morgan fingerprint density at radius 3 is 2.75 bits per heavy atom. The van der Waals surface area contributed by atoms with E-state index < -0.39 is 11.6 Å². The van der Waals surface area contributed by atoms with Crippen LogP contribution in [0.2, 0.25) is 0 Å². The smallest absolute Gasteiger partial charge is 0.231 e. The molecule has 0 atom stereocenters. The van der Waals surface area contributed by atoms with Gasteiger partial charge in [-0.15, -0.1) is 0 Å². The number of benzene rings is 2. The molecule has 0 aromatic heterocycles. The molecule has 0 spiro atoms. The number of hydrogen-bond donors (Lipinski definition) is 1. The molecular weight excluding hydrogens is 264 g/mol. The molecule has 0 saturated heterocycles. The van der Waals surface area contributed by atoms with Gasteiger partial charge in [0.25, 0.3) is 0 Å². The third kappa shape index (κ3) is 2.58. The van der Waals surface area contributed by atoms with Crippen LogP contribution in [0.3, 0.4) is 0 Å². The van der Waals surface area contributed by atoms with Crippen LogP contribution in [0.5, 0.6) is 11.5 Å². The standard InChI is InChI=1S/C15H13F2NO2/c16-12-3-1-2-11(15(12)17)8-18-7-10-4-5-13-14(6-10)20-9-19-13/h1-6,18H,7-9H2. The largest absolute Gasteiger partial charge is 0.454 e. The van der Waals surface area contributed by atoms with E-state index in [1.165, 1.54) is 6.07 Å². The van der Waals surface area contributed by atoms with E-state index in [4.69, 9.17) is 9.47 Å². The Morgan fingerprint density at radius 2 is 1.85 bits per heavy atom. The van der Waals surface area contributed by atoms with Gasteiger partial charge in [-0.2, -0.15) is 0 Å². The van der Waals surface area contributed by atoms with Crippen LogP contribution >= 0.6 is 0 Å². The van der Waals surface area contributed by atoms with Crippen molar-refractivity contribution < 1.29 is 18.3 Å². The highest BCUT2D eigenvalue weighted by atomic mass is 19.2. The molecule has 0 radical (unpaired) electrons. The van der Waals surface area contributed by atoms with Gasteiger partial charge in [0, 0.05) is 18.7 Å². The Bertz CT molecular complexity index is 631. The van der Waals surface area contributed by atoms with E-state index in [-0.39, 0.29) is 13.3 Å². The summed E-state index contributed by atoms with van der Waals surface area (Å²) in [6, 6.07) is 9.78. The summed E-state index contributed by atoms with van der Waals surface area (Å²) in [6.45, 7) is 1.03. The van der Waals surface area contributed by atoms with Crippen LogP contribution in [0, 0.1) is 11.6 Å². The van der Waals surface area contributed by atoms with Gasteiger partial charge in [-0.1, -0.05) is 18.2 Å². The number of nitrogens with one attached hydrogen (secondary N) is 1. The highest BCUT2D eigenvalue weighted by molar-refractivity contribution is 5.44. The minimum absolute atomic E-state index is 0.237. The monoisotopic (exact) mass is 277 g/mol. The Hall–Kier alpha value is -2.14. The quantitative estimate of drug-likeness (QED) is 0.932. The second kappa shape index (κ2) is 5.46. The van der Waals surface area contributed by atoms with E-state index in [9.17, 15) is 8.78 Å². The molecule has 1 aliphatic heterocycles. The van der Waals surface area contributed by atoms with Gasteiger partial charge < -0.3 is 14.8 Å². The molecule has 1 aliphatic rings. The zero-order chi connectivity index (χ0) is 13.9. The first kappa shape index (κ1) is 12.9. The summed E-state index contributed by atoms with van der Waals surface area (Å²) in [5.74, 6) is -0.191. The van der Waals surface area contributed by atoms with Crippen molar-refractivity contribution in [2.75, 3.05) is 6.79 Å². The molecule has 0 saturated carbocycles. The Kier molecular flexibility index (Phi) is 3.52. The molecular formula is C15H13F2NO2. The van der Waals surface area contributed by atoms with Crippen molar-refractivity contribution in [2.45, 2.75) is 13.1 Å². The maximum Gasteiger partial charge on any atom is 0.231 e. The van der Waals surface area contributed by atoms with Gasteiger partial charge in [0.15, 0.2) is 23.1 Å². The van der Waals surface area contributed by atoms with E-state index in [0.29, 0.717) is 17.9 Å². The van der Waals surface area contributed by atoms with Gasteiger partial charge >= 0.3 is 0 Å². The average Bonchev–Trinajstić information content (AvgIpc) is 2.91. The number of fused-ring (bicyclic) bond motifs is 1. The molecule has 2 aromatic carbocycles. The lowest BCUT2D eigenvalue weighted by Gasteiger charge is -2.07. The van der Waals surface area contributed by atoms with Gasteiger partial charge in [-0.05, 0) is 23.8 Å². The molecule has 0 bridgehead atoms. The maximum atomic E-state index is 13.5. The summed E-state index contributed by atoms with van der Waals surface area (Å²) in [6.07, 6.45) is 0. The SMILES string of the molecule is Fc1cccc(CNCc2ccc3c(c2)OCO3)c1F. The second-order valence-corrected chi connectivity index (χ2v) is 4.50. The normalized spacial score (nSPS) is 12.7. The Balaban J connectivity index is 1.61. The fraction of sp³-hybridized carbons (Fsp3) is 0.200. The van der Waals surface area contributed by atoms with E-state index in [1.807, 2.05) is 18.2 Å². The van der Waals surface area contributed by atoms with E-state index in [0.717, 1.165) is 17.4 Å². The molecule has 0 aliphatic carbocycles. The van der Waals surface area contributed by atoms with Crippen LogP contribution in [0.15, 0.2) is 36.4 Å². The molecule has 3 rings (SSSR count). The van der Waals surface area contributed by atoms with Crippen LogP contribution in [-0.4, -0.2) is 6.79 Å². The first-order valence-corrected chi connectivity index (χ1v) is 6.26. The Labute approximate surface area is 115 Å². The summed E-state index contributed by atoms with van der Waals surface area (Å²) in [5, 5.41) is 3.07. The van der Waals surface area contributed by atoms with Gasteiger partial charge in [-0.25, -0.2) is 8.78 Å². The number of ether oxygens (including phenoxy) is 2. The predicted octanol–water partition coefficient (Wildman–Crippen LogP) is 2.98. The van der Waals surface area contributed by atoms with Crippen LogP contribution in [0.1, 0.15) is 11.1 Å². The van der Waals surface area contributed by atoms with Crippen molar-refractivity contribution in [2.24, 2.45) is 0 Å².